The molecule has 1 aliphatic heterocycles. The minimum Gasteiger partial charge on any atom is -0.591 e. The van der Waals surface area contributed by atoms with E-state index in [9.17, 15) is 9.35 Å². The van der Waals surface area contributed by atoms with Gasteiger partial charge < -0.3 is 4.55 Å². The van der Waals surface area contributed by atoms with Crippen LogP contribution in [0, 0.1) is 0 Å². The van der Waals surface area contributed by atoms with E-state index in [1.165, 1.54) is 27.8 Å². The highest BCUT2D eigenvalue weighted by Crippen LogP contribution is 2.32. The molecule has 0 aliphatic carbocycles. The molecule has 0 saturated carbocycles. The van der Waals surface area contributed by atoms with Gasteiger partial charge in [-0.15, -0.1) is 5.10 Å². The zero-order valence-electron chi connectivity index (χ0n) is 14.9. The lowest BCUT2D eigenvalue weighted by atomic mass is 10.2. The van der Waals surface area contributed by atoms with E-state index >= 15 is 0 Å². The number of rotatable bonds is 2. The predicted octanol–water partition coefficient (Wildman–Crippen LogP) is 1.65. The Bertz CT molecular complexity index is 704. The van der Waals surface area contributed by atoms with Gasteiger partial charge >= 0.3 is 0 Å². The van der Waals surface area contributed by atoms with Crippen molar-refractivity contribution in [3.8, 4) is 0 Å². The van der Waals surface area contributed by atoms with E-state index in [1.54, 1.807) is 14.0 Å². The highest BCUT2D eigenvalue weighted by molar-refractivity contribution is 8.15. The van der Waals surface area contributed by atoms with Crippen LogP contribution < -0.4 is 0 Å². The van der Waals surface area contributed by atoms with Gasteiger partial charge in [0.05, 0.1) is 4.75 Å². The Kier molecular flexibility index (Phi) is 5.12. The van der Waals surface area contributed by atoms with Gasteiger partial charge in [-0.2, -0.15) is 9.78 Å². The van der Waals surface area contributed by atoms with Gasteiger partial charge in [-0.25, -0.2) is 9.99 Å². The Balaban J connectivity index is 2.40. The lowest BCUT2D eigenvalue weighted by molar-refractivity contribution is -0.131. The van der Waals surface area contributed by atoms with Crippen molar-refractivity contribution in [1.29, 1.82) is 0 Å². The fourth-order valence-corrected chi connectivity index (χ4v) is 3.54. The topological polar surface area (TPSA) is 98.8 Å². The van der Waals surface area contributed by atoms with Crippen LogP contribution in [0.2, 0.25) is 0 Å². The summed E-state index contributed by atoms with van der Waals surface area (Å²) < 4.78 is 16.9. The number of hydrazone groups is 1. The summed E-state index contributed by atoms with van der Waals surface area (Å²) in [5.74, 6) is 0.370. The summed E-state index contributed by atoms with van der Waals surface area (Å²) in [7, 11) is 1.61. The molecule has 2 heterocycles. The van der Waals surface area contributed by atoms with Gasteiger partial charge in [0, 0.05) is 7.05 Å². The van der Waals surface area contributed by atoms with Gasteiger partial charge in [-0.05, 0) is 41.5 Å². The Morgan fingerprint density at radius 1 is 1.42 bits per heavy atom. The van der Waals surface area contributed by atoms with Crippen LogP contribution in [-0.2, 0) is 16.2 Å². The molecule has 1 unspecified atom stereocenters. The third kappa shape index (κ3) is 3.81. The molecule has 0 radical (unpaired) electrons. The molecule has 1 aromatic rings. The number of aromatic nitrogens is 3. The standard InChI is InChI=1S/C14H22N6O2S2/c1-9(18-24(22)13(2,3)4)10-15-8-16-20(10)12-17-19(7)11(21)14(5,6)23-12/h8H,1-7H3. The van der Waals surface area contributed by atoms with E-state index in [1.807, 2.05) is 34.6 Å². The number of carbonyl (C=O) groups is 1. The number of hydrogen-bond donors (Lipinski definition) is 0. The zero-order valence-corrected chi connectivity index (χ0v) is 16.5. The average Bonchev–Trinajstić information content (AvgIpc) is 2.92. The molecule has 0 spiro atoms. The predicted molar refractivity (Wildman–Crippen MR) is 97.4 cm³/mol. The summed E-state index contributed by atoms with van der Waals surface area (Å²) >= 11 is -0.0950. The van der Waals surface area contributed by atoms with Crippen LogP contribution >= 0.6 is 11.8 Å². The molecule has 0 bridgehead atoms. The van der Waals surface area contributed by atoms with Crippen LogP contribution in [0.15, 0.2) is 15.8 Å². The maximum absolute atomic E-state index is 12.2. The van der Waals surface area contributed by atoms with Crippen molar-refractivity contribution in [3.63, 3.8) is 0 Å². The molecule has 10 heteroatoms. The van der Waals surface area contributed by atoms with Crippen LogP contribution in [-0.4, -0.2) is 57.7 Å². The van der Waals surface area contributed by atoms with Crippen molar-refractivity contribution >= 4 is 39.9 Å². The second-order valence-corrected chi connectivity index (χ2v) is 10.4. The largest absolute Gasteiger partial charge is 0.591 e. The number of nitrogens with zero attached hydrogens (tertiary/aromatic N) is 6. The molecular formula is C14H22N6O2S2. The monoisotopic (exact) mass is 370 g/mol. The van der Waals surface area contributed by atoms with Crippen LogP contribution in [0.4, 0.5) is 0 Å². The summed E-state index contributed by atoms with van der Waals surface area (Å²) in [5, 5.41) is 10.3. The highest BCUT2D eigenvalue weighted by atomic mass is 32.2. The van der Waals surface area contributed by atoms with Crippen LogP contribution in [0.1, 0.15) is 47.4 Å². The molecular weight excluding hydrogens is 348 g/mol. The van der Waals surface area contributed by atoms with Gasteiger partial charge in [0.2, 0.25) is 5.17 Å². The lowest BCUT2D eigenvalue weighted by Crippen LogP contribution is -2.44. The summed E-state index contributed by atoms with van der Waals surface area (Å²) in [4.78, 5) is 16.3. The number of carbonyl (C=O) groups excluding carboxylic acids is 1. The maximum atomic E-state index is 12.2. The second kappa shape index (κ2) is 6.49. The zero-order chi connectivity index (χ0) is 18.3. The van der Waals surface area contributed by atoms with Crippen molar-refractivity contribution in [3.05, 3.63) is 12.2 Å². The molecule has 132 valence electrons. The van der Waals surface area contributed by atoms with Crippen molar-refractivity contribution in [2.24, 2.45) is 9.50 Å². The normalized spacial score (nSPS) is 20.2. The first-order valence-corrected chi connectivity index (χ1v) is 9.29. The number of amides is 1. The molecule has 1 atom stereocenters. The van der Waals surface area contributed by atoms with Crippen LogP contribution in [0.5, 0.6) is 0 Å². The first-order chi connectivity index (χ1) is 10.9. The quantitative estimate of drug-likeness (QED) is 0.582. The van der Waals surface area contributed by atoms with E-state index in [0.29, 0.717) is 16.7 Å². The second-order valence-electron chi connectivity index (χ2n) is 6.86. The van der Waals surface area contributed by atoms with Crippen molar-refractivity contribution < 1.29 is 9.35 Å². The van der Waals surface area contributed by atoms with E-state index < -0.39 is 20.9 Å². The summed E-state index contributed by atoms with van der Waals surface area (Å²) in [6, 6.07) is 0. The first-order valence-electron chi connectivity index (χ1n) is 7.37. The SMILES string of the molecule is CC(=N[S+]([O-])C(C)(C)C)c1ncnn1C1=NN(C)C(=O)C(C)(C)S1. The molecule has 2 rings (SSSR count). The van der Waals surface area contributed by atoms with E-state index in [-0.39, 0.29) is 5.91 Å². The summed E-state index contributed by atoms with van der Waals surface area (Å²) in [6.45, 7) is 11.0. The number of hydrogen-bond acceptors (Lipinski definition) is 7. The van der Waals surface area contributed by atoms with Gasteiger partial charge in [0.1, 0.15) is 28.1 Å². The molecule has 1 amide bonds. The minimum atomic E-state index is -1.40. The van der Waals surface area contributed by atoms with Crippen molar-refractivity contribution in [2.45, 2.75) is 51.0 Å². The van der Waals surface area contributed by atoms with E-state index in [2.05, 4.69) is 19.6 Å². The van der Waals surface area contributed by atoms with E-state index in [4.69, 9.17) is 0 Å². The molecule has 24 heavy (non-hydrogen) atoms. The smallest absolute Gasteiger partial charge is 0.258 e. The van der Waals surface area contributed by atoms with Gasteiger partial charge in [0.15, 0.2) is 5.82 Å². The van der Waals surface area contributed by atoms with E-state index in [0.717, 1.165) is 0 Å². The van der Waals surface area contributed by atoms with Crippen LogP contribution in [0.3, 0.4) is 0 Å². The summed E-state index contributed by atoms with van der Waals surface area (Å²) in [6.07, 6.45) is 1.39. The highest BCUT2D eigenvalue weighted by Gasteiger charge is 2.39. The first kappa shape index (κ1) is 18.9. The van der Waals surface area contributed by atoms with Gasteiger partial charge in [0.25, 0.3) is 5.91 Å². The molecule has 1 aliphatic rings. The number of thioether (sulfide) groups is 1. The average molecular weight is 371 g/mol. The molecule has 8 nitrogen and oxygen atoms in total. The Labute approximate surface area is 149 Å². The third-order valence-corrected chi connectivity index (χ3v) is 5.80. The fraction of sp³-hybridized carbons (Fsp3) is 0.643. The Morgan fingerprint density at radius 3 is 2.58 bits per heavy atom. The minimum absolute atomic E-state index is 0.0860. The molecule has 0 aromatic carbocycles. The molecule has 0 fully saturated rings. The summed E-state index contributed by atoms with van der Waals surface area (Å²) in [5.41, 5.74) is 0.501. The fourth-order valence-electron chi connectivity index (χ4n) is 1.87. The third-order valence-electron chi connectivity index (χ3n) is 3.19. The van der Waals surface area contributed by atoms with Crippen LogP contribution in [0.25, 0.3) is 0 Å². The lowest BCUT2D eigenvalue weighted by Gasteiger charge is -2.31. The van der Waals surface area contributed by atoms with Gasteiger partial charge in [-0.1, -0.05) is 16.2 Å². The van der Waals surface area contributed by atoms with Gasteiger partial charge in [-0.3, -0.25) is 4.79 Å². The molecule has 0 saturated heterocycles. The molecule has 1 aromatic heterocycles. The Hall–Kier alpha value is -1.39. The van der Waals surface area contributed by atoms with Crippen molar-refractivity contribution in [1.82, 2.24) is 19.8 Å². The van der Waals surface area contributed by atoms with Crippen molar-refractivity contribution in [2.75, 3.05) is 7.05 Å². The Morgan fingerprint density at radius 2 is 2.04 bits per heavy atom. The molecule has 0 N–H and O–H groups in total. The maximum Gasteiger partial charge on any atom is 0.258 e.